The second-order valence-corrected chi connectivity index (χ2v) is 4.21. The van der Waals surface area contributed by atoms with Gasteiger partial charge in [0.2, 0.25) is 11.8 Å². The molecule has 1 aromatic carbocycles. The number of hydrogen-bond acceptors (Lipinski definition) is 3. The molecule has 0 saturated heterocycles. The van der Waals surface area contributed by atoms with Crippen LogP contribution in [0.3, 0.4) is 0 Å². The summed E-state index contributed by atoms with van der Waals surface area (Å²) in [5.74, 6) is -0.654. The molecule has 2 amide bonds. The molecule has 0 aromatic heterocycles. The number of amides is 2. The zero-order valence-corrected chi connectivity index (χ0v) is 10.6. The van der Waals surface area contributed by atoms with Gasteiger partial charge in [0, 0.05) is 5.69 Å². The molecule has 97 valence electrons. The summed E-state index contributed by atoms with van der Waals surface area (Å²) in [7, 11) is 0. The summed E-state index contributed by atoms with van der Waals surface area (Å²) in [5, 5.41) is 5.21. The van der Waals surface area contributed by atoms with Gasteiger partial charge in [0.15, 0.2) is 0 Å². The van der Waals surface area contributed by atoms with Crippen molar-refractivity contribution >= 4 is 17.5 Å². The molecule has 1 aromatic rings. The highest BCUT2D eigenvalue weighted by molar-refractivity contribution is 5.97. The molecular formula is C13H18N3O2. The summed E-state index contributed by atoms with van der Waals surface area (Å²) in [5.41, 5.74) is 6.86. The zero-order chi connectivity index (χ0) is 13.7. The summed E-state index contributed by atoms with van der Waals surface area (Å²) in [6, 6.07) is 5.85. The Labute approximate surface area is 107 Å². The van der Waals surface area contributed by atoms with Crippen LogP contribution in [0.4, 0.5) is 5.69 Å². The molecule has 0 aliphatic heterocycles. The maximum absolute atomic E-state index is 11.8. The number of rotatable bonds is 4. The molecule has 5 nitrogen and oxygen atoms in total. The first-order valence-electron chi connectivity index (χ1n) is 5.69. The zero-order valence-electron chi connectivity index (χ0n) is 10.6. The van der Waals surface area contributed by atoms with Gasteiger partial charge in [-0.15, -0.1) is 0 Å². The van der Waals surface area contributed by atoms with Crippen molar-refractivity contribution in [2.75, 3.05) is 5.32 Å². The van der Waals surface area contributed by atoms with Crippen LogP contribution in [-0.2, 0) is 9.59 Å². The fourth-order valence-corrected chi connectivity index (χ4v) is 1.31. The Kier molecular flexibility index (Phi) is 4.85. The smallest absolute Gasteiger partial charge is 0.246 e. The molecule has 0 heterocycles. The average Bonchev–Trinajstić information content (AvgIpc) is 2.28. The van der Waals surface area contributed by atoms with Crippen molar-refractivity contribution in [2.45, 2.75) is 25.9 Å². The van der Waals surface area contributed by atoms with Crippen molar-refractivity contribution in [1.82, 2.24) is 5.32 Å². The average molecular weight is 248 g/mol. The van der Waals surface area contributed by atoms with Crippen molar-refractivity contribution in [3.63, 3.8) is 0 Å². The molecule has 0 unspecified atom stereocenters. The molecule has 18 heavy (non-hydrogen) atoms. The largest absolute Gasteiger partial charge is 0.343 e. The Morgan fingerprint density at radius 1 is 1.28 bits per heavy atom. The molecule has 0 aliphatic rings. The summed E-state index contributed by atoms with van der Waals surface area (Å²) in [4.78, 5) is 23.1. The highest BCUT2D eigenvalue weighted by atomic mass is 16.2. The van der Waals surface area contributed by atoms with Gasteiger partial charge in [0.05, 0.1) is 6.04 Å². The van der Waals surface area contributed by atoms with Crippen molar-refractivity contribution < 1.29 is 9.59 Å². The number of nitrogens with one attached hydrogen (secondary N) is 2. The van der Waals surface area contributed by atoms with Crippen molar-refractivity contribution in [3.8, 4) is 0 Å². The van der Waals surface area contributed by atoms with Gasteiger partial charge in [-0.1, -0.05) is 12.1 Å². The van der Waals surface area contributed by atoms with Gasteiger partial charge in [-0.2, -0.15) is 0 Å². The number of carbonyl (C=O) groups excluding carboxylic acids is 2. The van der Waals surface area contributed by atoms with Crippen LogP contribution in [0.15, 0.2) is 24.3 Å². The maximum atomic E-state index is 11.8. The minimum Gasteiger partial charge on any atom is -0.343 e. The second kappa shape index (κ2) is 6.16. The predicted molar refractivity (Wildman–Crippen MR) is 70.8 cm³/mol. The van der Waals surface area contributed by atoms with Crippen molar-refractivity contribution in [3.05, 3.63) is 36.8 Å². The standard InChI is InChI=1S/C13H18N3O2/c1-8-5-4-6-11(7-8)16-13(18)10(3)15-12(17)9(2)14/h4-7,9-10H,1,14H2,2-3H3,(H,15,17)(H,16,18)/t9-,10-/m0/s1. The molecule has 0 bridgehead atoms. The van der Waals surface area contributed by atoms with Gasteiger partial charge in [-0.3, -0.25) is 9.59 Å². The maximum Gasteiger partial charge on any atom is 0.246 e. The predicted octanol–water partition coefficient (Wildman–Crippen LogP) is 0.659. The van der Waals surface area contributed by atoms with E-state index in [0.717, 1.165) is 5.56 Å². The number of nitrogens with two attached hydrogens (primary N) is 1. The first-order valence-corrected chi connectivity index (χ1v) is 5.69. The lowest BCUT2D eigenvalue weighted by atomic mass is 10.2. The van der Waals surface area contributed by atoms with E-state index in [-0.39, 0.29) is 11.8 Å². The van der Waals surface area contributed by atoms with Crippen LogP contribution >= 0.6 is 0 Å². The van der Waals surface area contributed by atoms with Crippen molar-refractivity contribution in [1.29, 1.82) is 0 Å². The quantitative estimate of drug-likeness (QED) is 0.731. The van der Waals surface area contributed by atoms with Crippen LogP contribution in [0.1, 0.15) is 19.4 Å². The third-order valence-corrected chi connectivity index (χ3v) is 2.36. The van der Waals surface area contributed by atoms with Crippen LogP contribution in [0.2, 0.25) is 0 Å². The number of hydrogen-bond donors (Lipinski definition) is 3. The summed E-state index contributed by atoms with van der Waals surface area (Å²) >= 11 is 0. The molecule has 2 atom stereocenters. The Bertz CT molecular complexity index is 444. The van der Waals surface area contributed by atoms with Crippen LogP contribution in [0.25, 0.3) is 0 Å². The normalized spacial score (nSPS) is 13.6. The van der Waals surface area contributed by atoms with E-state index in [1.165, 1.54) is 0 Å². The fourth-order valence-electron chi connectivity index (χ4n) is 1.31. The molecule has 0 saturated carbocycles. The van der Waals surface area contributed by atoms with Gasteiger partial charge >= 0.3 is 0 Å². The lowest BCUT2D eigenvalue weighted by Gasteiger charge is -2.15. The molecule has 1 radical (unpaired) electrons. The SMILES string of the molecule is [CH2]c1cccc(NC(=O)[C@H](C)NC(=O)[C@H](C)N)c1. The van der Waals surface area contributed by atoms with Gasteiger partial charge in [0.1, 0.15) is 6.04 Å². The highest BCUT2D eigenvalue weighted by Gasteiger charge is 2.17. The van der Waals surface area contributed by atoms with Gasteiger partial charge < -0.3 is 16.4 Å². The van der Waals surface area contributed by atoms with Gasteiger partial charge in [0.25, 0.3) is 0 Å². The molecule has 0 spiro atoms. The van der Waals surface area contributed by atoms with E-state index in [9.17, 15) is 9.59 Å². The van der Waals surface area contributed by atoms with E-state index in [1.807, 2.05) is 6.07 Å². The molecule has 5 heteroatoms. The van der Waals surface area contributed by atoms with Crippen LogP contribution in [0.5, 0.6) is 0 Å². The first kappa shape index (κ1) is 14.2. The van der Waals surface area contributed by atoms with Gasteiger partial charge in [-0.05, 0) is 38.5 Å². The van der Waals surface area contributed by atoms with Crippen molar-refractivity contribution in [2.24, 2.45) is 5.73 Å². The summed E-state index contributed by atoms with van der Waals surface area (Å²) < 4.78 is 0. The minimum atomic E-state index is -0.642. The molecule has 4 N–H and O–H groups in total. The fraction of sp³-hybridized carbons (Fsp3) is 0.308. The Balaban J connectivity index is 2.57. The van der Waals surface area contributed by atoms with E-state index in [1.54, 1.807) is 32.0 Å². The molecule has 1 rings (SSSR count). The molecule has 0 aliphatic carbocycles. The molecule has 0 fully saturated rings. The second-order valence-electron chi connectivity index (χ2n) is 4.21. The van der Waals surface area contributed by atoms with Gasteiger partial charge in [-0.25, -0.2) is 0 Å². The van der Waals surface area contributed by atoms with E-state index >= 15 is 0 Å². The summed E-state index contributed by atoms with van der Waals surface area (Å²) in [6.45, 7) is 6.93. The van der Waals surface area contributed by atoms with E-state index in [4.69, 9.17) is 5.73 Å². The van der Waals surface area contributed by atoms with E-state index in [2.05, 4.69) is 17.6 Å². The lowest BCUT2D eigenvalue weighted by Crippen LogP contribution is -2.47. The number of anilines is 1. The third kappa shape index (κ3) is 4.18. The third-order valence-electron chi connectivity index (χ3n) is 2.36. The topological polar surface area (TPSA) is 84.2 Å². The minimum absolute atomic E-state index is 0.297. The number of benzene rings is 1. The lowest BCUT2D eigenvalue weighted by molar-refractivity contribution is -0.126. The number of carbonyl (C=O) groups is 2. The van der Waals surface area contributed by atoms with Crippen LogP contribution in [0, 0.1) is 6.92 Å². The van der Waals surface area contributed by atoms with Crippen LogP contribution < -0.4 is 16.4 Å². The van der Waals surface area contributed by atoms with Crippen LogP contribution in [-0.4, -0.2) is 23.9 Å². The molecular weight excluding hydrogens is 230 g/mol. The highest BCUT2D eigenvalue weighted by Crippen LogP contribution is 2.09. The monoisotopic (exact) mass is 248 g/mol. The van der Waals surface area contributed by atoms with E-state index < -0.39 is 12.1 Å². The summed E-state index contributed by atoms with van der Waals surface area (Å²) in [6.07, 6.45) is 0. The first-order chi connectivity index (χ1) is 8.40. The van der Waals surface area contributed by atoms with E-state index in [0.29, 0.717) is 5.69 Å². The Morgan fingerprint density at radius 3 is 2.50 bits per heavy atom. The Hall–Kier alpha value is -1.88. The Morgan fingerprint density at radius 2 is 1.94 bits per heavy atom.